The van der Waals surface area contributed by atoms with Gasteiger partial charge in [-0.05, 0) is 6.92 Å². The minimum atomic E-state index is -0.607. The summed E-state index contributed by atoms with van der Waals surface area (Å²) in [5, 5.41) is 20.8. The van der Waals surface area contributed by atoms with Gasteiger partial charge in [0.2, 0.25) is 0 Å². The van der Waals surface area contributed by atoms with Crippen molar-refractivity contribution in [2.75, 3.05) is 13.2 Å². The van der Waals surface area contributed by atoms with Crippen molar-refractivity contribution < 1.29 is 15.0 Å². The zero-order valence-corrected chi connectivity index (χ0v) is 8.54. The fourth-order valence-corrected chi connectivity index (χ4v) is 1.55. The number of carbonyl (C=O) groups is 1. The van der Waals surface area contributed by atoms with Crippen LogP contribution in [0.1, 0.15) is 14.7 Å². The molecule has 1 amide bonds. The maximum atomic E-state index is 11.4. The Kier molecular flexibility index (Phi) is 3.99. The number of amides is 1. The molecule has 0 saturated heterocycles. The fourth-order valence-electron chi connectivity index (χ4n) is 0.872. The van der Waals surface area contributed by atoms with Gasteiger partial charge in [-0.2, -0.15) is 0 Å². The molecule has 0 aliphatic heterocycles. The smallest absolute Gasteiger partial charge is 0.263 e. The van der Waals surface area contributed by atoms with Crippen molar-refractivity contribution in [3.8, 4) is 0 Å². The van der Waals surface area contributed by atoms with Gasteiger partial charge in [0.05, 0.1) is 30.5 Å². The molecule has 0 spiro atoms. The zero-order chi connectivity index (χ0) is 10.6. The molecule has 0 aromatic carbocycles. The lowest BCUT2D eigenvalue weighted by atomic mass is 10.3. The fraction of sp³-hybridized carbons (Fsp3) is 0.500. The molecule has 5 nitrogen and oxygen atoms in total. The van der Waals surface area contributed by atoms with Crippen molar-refractivity contribution in [1.29, 1.82) is 0 Å². The van der Waals surface area contributed by atoms with Gasteiger partial charge < -0.3 is 15.5 Å². The van der Waals surface area contributed by atoms with E-state index >= 15 is 0 Å². The Balaban J connectivity index is 2.58. The lowest BCUT2D eigenvalue weighted by Gasteiger charge is -2.11. The second-order valence-electron chi connectivity index (χ2n) is 2.78. The number of aryl methyl sites for hydroxylation is 1. The van der Waals surface area contributed by atoms with Crippen LogP contribution in [0.2, 0.25) is 0 Å². The first-order valence-electron chi connectivity index (χ1n) is 4.12. The minimum Gasteiger partial charge on any atom is -0.394 e. The van der Waals surface area contributed by atoms with Crippen LogP contribution in [0.5, 0.6) is 0 Å². The SMILES string of the molecule is Cc1ncc(C(=O)NC(CO)CO)s1. The lowest BCUT2D eigenvalue weighted by molar-refractivity contribution is 0.0883. The van der Waals surface area contributed by atoms with E-state index in [-0.39, 0.29) is 19.1 Å². The van der Waals surface area contributed by atoms with Gasteiger partial charge in [0.25, 0.3) is 5.91 Å². The summed E-state index contributed by atoms with van der Waals surface area (Å²) in [5.74, 6) is -0.316. The number of aromatic nitrogens is 1. The van der Waals surface area contributed by atoms with Crippen LogP contribution >= 0.6 is 11.3 Å². The van der Waals surface area contributed by atoms with Crippen molar-refractivity contribution in [3.05, 3.63) is 16.1 Å². The Morgan fingerprint density at radius 2 is 2.29 bits per heavy atom. The molecule has 6 heteroatoms. The molecule has 14 heavy (non-hydrogen) atoms. The van der Waals surface area contributed by atoms with Gasteiger partial charge in [-0.3, -0.25) is 4.79 Å². The van der Waals surface area contributed by atoms with Gasteiger partial charge in [0, 0.05) is 0 Å². The predicted octanol–water partition coefficient (Wildman–Crippen LogP) is -0.465. The number of hydrogen-bond donors (Lipinski definition) is 3. The molecule has 0 aliphatic carbocycles. The lowest BCUT2D eigenvalue weighted by Crippen LogP contribution is -2.39. The molecule has 1 aromatic heterocycles. The summed E-state index contributed by atoms with van der Waals surface area (Å²) in [4.78, 5) is 15.8. The number of aliphatic hydroxyl groups excluding tert-OH is 2. The minimum absolute atomic E-state index is 0.278. The number of carbonyl (C=O) groups excluding carboxylic acids is 1. The quantitative estimate of drug-likeness (QED) is 0.635. The highest BCUT2D eigenvalue weighted by Crippen LogP contribution is 2.10. The molecule has 0 unspecified atom stereocenters. The molecule has 0 radical (unpaired) electrons. The monoisotopic (exact) mass is 216 g/mol. The first-order chi connectivity index (χ1) is 6.67. The molecule has 0 fully saturated rings. The molecular formula is C8H12N2O3S. The highest BCUT2D eigenvalue weighted by Gasteiger charge is 2.13. The average Bonchev–Trinajstić information content (AvgIpc) is 2.61. The maximum absolute atomic E-state index is 11.4. The number of nitrogens with zero attached hydrogens (tertiary/aromatic N) is 1. The third-order valence-corrected chi connectivity index (χ3v) is 2.53. The van der Waals surface area contributed by atoms with Gasteiger partial charge in [-0.25, -0.2) is 4.98 Å². The van der Waals surface area contributed by atoms with Crippen LogP contribution in [0, 0.1) is 6.92 Å². The Morgan fingerprint density at radius 1 is 1.64 bits per heavy atom. The number of thiazole rings is 1. The third kappa shape index (κ3) is 2.76. The normalized spacial score (nSPS) is 10.6. The standard InChI is InChI=1S/C8H12N2O3S/c1-5-9-2-7(14-5)8(13)10-6(3-11)4-12/h2,6,11-12H,3-4H2,1H3,(H,10,13). The highest BCUT2D eigenvalue weighted by molar-refractivity contribution is 7.13. The Morgan fingerprint density at radius 3 is 2.71 bits per heavy atom. The summed E-state index contributed by atoms with van der Waals surface area (Å²) in [7, 11) is 0. The first kappa shape index (κ1) is 11.1. The molecular weight excluding hydrogens is 204 g/mol. The van der Waals surface area contributed by atoms with Crippen LogP contribution in [-0.4, -0.2) is 40.4 Å². The van der Waals surface area contributed by atoms with Crippen LogP contribution < -0.4 is 5.32 Å². The van der Waals surface area contributed by atoms with E-state index in [9.17, 15) is 4.79 Å². The molecule has 0 atom stereocenters. The Bertz CT molecular complexity index is 309. The molecule has 1 aromatic rings. The topological polar surface area (TPSA) is 82.5 Å². The van der Waals surface area contributed by atoms with Gasteiger partial charge in [0.15, 0.2) is 0 Å². The second-order valence-corrected chi connectivity index (χ2v) is 4.01. The van der Waals surface area contributed by atoms with E-state index in [0.717, 1.165) is 5.01 Å². The number of rotatable bonds is 4. The van der Waals surface area contributed by atoms with Crippen LogP contribution in [0.15, 0.2) is 6.20 Å². The number of aliphatic hydroxyl groups is 2. The highest BCUT2D eigenvalue weighted by atomic mass is 32.1. The van der Waals surface area contributed by atoms with Crippen LogP contribution in [0.3, 0.4) is 0 Å². The first-order valence-corrected chi connectivity index (χ1v) is 4.94. The maximum Gasteiger partial charge on any atom is 0.263 e. The molecule has 3 N–H and O–H groups in total. The molecule has 0 saturated carbocycles. The van der Waals surface area contributed by atoms with Gasteiger partial charge in [0.1, 0.15) is 4.88 Å². The summed E-state index contributed by atoms with van der Waals surface area (Å²) >= 11 is 1.27. The summed E-state index contributed by atoms with van der Waals surface area (Å²) in [6, 6.07) is -0.607. The molecule has 1 heterocycles. The van der Waals surface area contributed by atoms with Crippen molar-refractivity contribution in [1.82, 2.24) is 10.3 Å². The second kappa shape index (κ2) is 5.04. The average molecular weight is 216 g/mol. The summed E-state index contributed by atoms with van der Waals surface area (Å²) in [5.41, 5.74) is 0. The predicted molar refractivity (Wildman–Crippen MR) is 52.3 cm³/mol. The van der Waals surface area contributed by atoms with E-state index in [2.05, 4.69) is 10.3 Å². The Labute approximate surface area is 85.4 Å². The van der Waals surface area contributed by atoms with Gasteiger partial charge >= 0.3 is 0 Å². The van der Waals surface area contributed by atoms with E-state index < -0.39 is 6.04 Å². The van der Waals surface area contributed by atoms with Crippen molar-refractivity contribution in [2.24, 2.45) is 0 Å². The zero-order valence-electron chi connectivity index (χ0n) is 7.73. The third-order valence-electron chi connectivity index (χ3n) is 1.62. The van der Waals surface area contributed by atoms with E-state index in [1.165, 1.54) is 17.5 Å². The summed E-state index contributed by atoms with van der Waals surface area (Å²) < 4.78 is 0. The van der Waals surface area contributed by atoms with Gasteiger partial charge in [-0.1, -0.05) is 0 Å². The largest absolute Gasteiger partial charge is 0.394 e. The Hall–Kier alpha value is -0.980. The summed E-state index contributed by atoms with van der Waals surface area (Å²) in [6.45, 7) is 1.25. The molecule has 1 rings (SSSR count). The van der Waals surface area contributed by atoms with Crippen LogP contribution in [0.4, 0.5) is 0 Å². The van der Waals surface area contributed by atoms with E-state index in [1.54, 1.807) is 6.92 Å². The van der Waals surface area contributed by atoms with Crippen molar-refractivity contribution >= 4 is 17.2 Å². The van der Waals surface area contributed by atoms with E-state index in [4.69, 9.17) is 10.2 Å². The van der Waals surface area contributed by atoms with Crippen molar-refractivity contribution in [3.63, 3.8) is 0 Å². The number of hydrogen-bond acceptors (Lipinski definition) is 5. The molecule has 0 bridgehead atoms. The van der Waals surface area contributed by atoms with E-state index in [1.807, 2.05) is 0 Å². The summed E-state index contributed by atoms with van der Waals surface area (Å²) in [6.07, 6.45) is 1.47. The molecule has 0 aliphatic rings. The molecule has 78 valence electrons. The van der Waals surface area contributed by atoms with Crippen LogP contribution in [-0.2, 0) is 0 Å². The van der Waals surface area contributed by atoms with Crippen LogP contribution in [0.25, 0.3) is 0 Å². The van der Waals surface area contributed by atoms with Gasteiger partial charge in [-0.15, -0.1) is 11.3 Å². The van der Waals surface area contributed by atoms with E-state index in [0.29, 0.717) is 4.88 Å². The number of nitrogens with one attached hydrogen (secondary N) is 1. The van der Waals surface area contributed by atoms with Crippen molar-refractivity contribution in [2.45, 2.75) is 13.0 Å².